The molecule has 0 aromatic rings. The van der Waals surface area contributed by atoms with Gasteiger partial charge in [-0.15, -0.1) is 0 Å². The molecule has 0 unspecified atom stereocenters. The third kappa shape index (κ3) is 5.98. The van der Waals surface area contributed by atoms with Crippen LogP contribution in [0.1, 0.15) is 26.2 Å². The molecule has 3 heteroatoms. The van der Waals surface area contributed by atoms with E-state index in [-0.39, 0.29) is 0 Å². The number of unbranched alkanes of at least 4 members (excludes halogenated alkanes) is 2. The average Bonchev–Trinajstić information content (AvgIpc) is 1.66. The van der Waals surface area contributed by atoms with E-state index in [0.29, 0.717) is 6.32 Å². The van der Waals surface area contributed by atoms with Crippen molar-refractivity contribution < 1.29 is 10.0 Å². The van der Waals surface area contributed by atoms with Gasteiger partial charge in [0.15, 0.2) is 0 Å². The van der Waals surface area contributed by atoms with Crippen molar-refractivity contribution in [1.82, 2.24) is 0 Å². The Kier molecular flexibility index (Phi) is 5.12. The van der Waals surface area contributed by atoms with Crippen molar-refractivity contribution in [1.29, 1.82) is 0 Å². The van der Waals surface area contributed by atoms with Gasteiger partial charge in [0.25, 0.3) is 0 Å². The monoisotopic (exact) mass is 116 g/mol. The fourth-order valence-electron chi connectivity index (χ4n) is 0.577. The summed E-state index contributed by atoms with van der Waals surface area (Å²) < 4.78 is 0. The van der Waals surface area contributed by atoms with Crippen LogP contribution in [-0.4, -0.2) is 17.2 Å². The van der Waals surface area contributed by atoms with E-state index in [2.05, 4.69) is 6.92 Å². The molecule has 8 heavy (non-hydrogen) atoms. The van der Waals surface area contributed by atoms with Gasteiger partial charge in [-0.25, -0.2) is 0 Å². The van der Waals surface area contributed by atoms with Gasteiger partial charge in [0.1, 0.15) is 0 Å². The Morgan fingerprint density at radius 2 is 1.88 bits per heavy atom. The second-order valence-electron chi connectivity index (χ2n) is 1.98. The van der Waals surface area contributed by atoms with Crippen molar-refractivity contribution in [2.45, 2.75) is 32.5 Å². The van der Waals surface area contributed by atoms with E-state index in [1.54, 1.807) is 0 Å². The zero-order valence-electron chi connectivity index (χ0n) is 5.30. The molecular formula is C5H13BO2. The quantitative estimate of drug-likeness (QED) is 0.418. The van der Waals surface area contributed by atoms with Gasteiger partial charge >= 0.3 is 7.12 Å². The third-order valence-electron chi connectivity index (χ3n) is 1.07. The van der Waals surface area contributed by atoms with Crippen LogP contribution in [0.25, 0.3) is 0 Å². The normalized spacial score (nSPS) is 9.38. The van der Waals surface area contributed by atoms with Crippen LogP contribution in [-0.2, 0) is 0 Å². The minimum atomic E-state index is -1.10. The zero-order chi connectivity index (χ0) is 6.41. The van der Waals surface area contributed by atoms with Crippen molar-refractivity contribution in [3.8, 4) is 0 Å². The highest BCUT2D eigenvalue weighted by molar-refractivity contribution is 6.40. The Hall–Kier alpha value is -0.0151. The first-order valence-electron chi connectivity index (χ1n) is 3.13. The first kappa shape index (κ1) is 7.98. The van der Waals surface area contributed by atoms with E-state index in [1.165, 1.54) is 0 Å². The van der Waals surface area contributed by atoms with Crippen LogP contribution < -0.4 is 0 Å². The molecule has 0 aromatic heterocycles. The summed E-state index contributed by atoms with van der Waals surface area (Å²) in [4.78, 5) is 0. The van der Waals surface area contributed by atoms with Crippen molar-refractivity contribution in [3.63, 3.8) is 0 Å². The SMILES string of the molecule is CCCCCB(O)O. The van der Waals surface area contributed by atoms with Gasteiger partial charge in [0.2, 0.25) is 0 Å². The van der Waals surface area contributed by atoms with E-state index in [0.717, 1.165) is 19.3 Å². The maximum atomic E-state index is 8.33. The fourth-order valence-corrected chi connectivity index (χ4v) is 0.577. The molecule has 0 aliphatic carbocycles. The summed E-state index contributed by atoms with van der Waals surface area (Å²) in [5.41, 5.74) is 0. The first-order chi connectivity index (χ1) is 3.77. The van der Waals surface area contributed by atoms with E-state index in [9.17, 15) is 0 Å². The molecule has 0 heterocycles. The summed E-state index contributed by atoms with van der Waals surface area (Å²) in [7, 11) is -1.10. The van der Waals surface area contributed by atoms with Crippen LogP contribution >= 0.6 is 0 Å². The summed E-state index contributed by atoms with van der Waals surface area (Å²) in [6.07, 6.45) is 3.67. The van der Waals surface area contributed by atoms with Crippen molar-refractivity contribution in [3.05, 3.63) is 0 Å². The lowest BCUT2D eigenvalue weighted by Crippen LogP contribution is -2.09. The molecule has 0 bridgehead atoms. The van der Waals surface area contributed by atoms with Gasteiger partial charge in [0, 0.05) is 0 Å². The van der Waals surface area contributed by atoms with Crippen LogP contribution in [0, 0.1) is 0 Å². The molecule has 2 N–H and O–H groups in total. The Labute approximate surface area is 50.7 Å². The van der Waals surface area contributed by atoms with Gasteiger partial charge in [-0.1, -0.05) is 26.2 Å². The molecule has 0 aliphatic rings. The fraction of sp³-hybridized carbons (Fsp3) is 1.00. The lowest BCUT2D eigenvalue weighted by molar-refractivity contribution is 0.402. The topological polar surface area (TPSA) is 40.5 Å². The highest BCUT2D eigenvalue weighted by Crippen LogP contribution is 1.99. The van der Waals surface area contributed by atoms with Gasteiger partial charge in [0.05, 0.1) is 0 Å². The van der Waals surface area contributed by atoms with Crippen LogP contribution in [0.15, 0.2) is 0 Å². The van der Waals surface area contributed by atoms with E-state index in [4.69, 9.17) is 10.0 Å². The summed E-state index contributed by atoms with van der Waals surface area (Å²) in [5, 5.41) is 16.7. The van der Waals surface area contributed by atoms with Gasteiger partial charge in [-0.3, -0.25) is 0 Å². The number of rotatable bonds is 4. The molecule has 0 atom stereocenters. The molecule has 0 aromatic carbocycles. The van der Waals surface area contributed by atoms with E-state index < -0.39 is 7.12 Å². The molecule has 0 saturated carbocycles. The van der Waals surface area contributed by atoms with Crippen LogP contribution in [0.4, 0.5) is 0 Å². The molecule has 48 valence electrons. The minimum Gasteiger partial charge on any atom is -0.427 e. The van der Waals surface area contributed by atoms with E-state index >= 15 is 0 Å². The second kappa shape index (κ2) is 5.13. The summed E-state index contributed by atoms with van der Waals surface area (Å²) >= 11 is 0. The summed E-state index contributed by atoms with van der Waals surface area (Å²) in [6, 6.07) is 0. The van der Waals surface area contributed by atoms with Gasteiger partial charge in [-0.05, 0) is 6.32 Å². The number of hydrogen-bond acceptors (Lipinski definition) is 2. The molecule has 0 amide bonds. The predicted molar refractivity (Wildman–Crippen MR) is 34.5 cm³/mol. The highest BCUT2D eigenvalue weighted by atomic mass is 16.4. The van der Waals surface area contributed by atoms with Gasteiger partial charge < -0.3 is 10.0 Å². The number of hydrogen-bond donors (Lipinski definition) is 2. The molecule has 0 fully saturated rings. The standard InChI is InChI=1S/C5H13BO2/c1-2-3-4-5-6(7)8/h7-8H,2-5H2,1H3. The minimum absolute atomic E-state index is 0.522. The molecule has 2 nitrogen and oxygen atoms in total. The molecule has 0 rings (SSSR count). The van der Waals surface area contributed by atoms with Crippen molar-refractivity contribution in [2.24, 2.45) is 0 Å². The Bertz CT molecular complexity index is 47.7. The van der Waals surface area contributed by atoms with Gasteiger partial charge in [-0.2, -0.15) is 0 Å². The maximum absolute atomic E-state index is 8.33. The Morgan fingerprint density at radius 3 is 2.25 bits per heavy atom. The van der Waals surface area contributed by atoms with Crippen molar-refractivity contribution >= 4 is 7.12 Å². The summed E-state index contributed by atoms with van der Waals surface area (Å²) in [6.45, 7) is 2.09. The predicted octanol–water partition coefficient (Wildman–Crippen LogP) is 0.649. The molecular weight excluding hydrogens is 103 g/mol. The lowest BCUT2D eigenvalue weighted by Gasteiger charge is -1.94. The first-order valence-corrected chi connectivity index (χ1v) is 3.13. The maximum Gasteiger partial charge on any atom is 0.451 e. The van der Waals surface area contributed by atoms with Crippen LogP contribution in [0.3, 0.4) is 0 Å². The molecule has 0 saturated heterocycles. The Balaban J connectivity index is 2.72. The third-order valence-corrected chi connectivity index (χ3v) is 1.07. The highest BCUT2D eigenvalue weighted by Gasteiger charge is 2.03. The zero-order valence-corrected chi connectivity index (χ0v) is 5.30. The largest absolute Gasteiger partial charge is 0.451 e. The second-order valence-corrected chi connectivity index (χ2v) is 1.98. The smallest absolute Gasteiger partial charge is 0.427 e. The van der Waals surface area contributed by atoms with Crippen molar-refractivity contribution in [2.75, 3.05) is 0 Å². The Morgan fingerprint density at radius 1 is 1.25 bits per heavy atom. The summed E-state index contributed by atoms with van der Waals surface area (Å²) in [5.74, 6) is 0. The molecule has 0 aliphatic heterocycles. The van der Waals surface area contributed by atoms with Crippen LogP contribution in [0.5, 0.6) is 0 Å². The average molecular weight is 116 g/mol. The van der Waals surface area contributed by atoms with E-state index in [1.807, 2.05) is 0 Å². The van der Waals surface area contributed by atoms with Crippen LogP contribution in [0.2, 0.25) is 6.32 Å². The molecule has 0 spiro atoms. The molecule has 0 radical (unpaired) electrons. The lowest BCUT2D eigenvalue weighted by atomic mass is 9.84.